The standard InChI is InChI=1S/C26H27N5O/c1-19-8-5-6-12-24(19)29-26(32)22(15-27)14-23-18-31(17-20-9-3-2-4-10-20)30-25(23)21-11-7-13-28-16-21/h2-4,7,9-11,13-14,16,18-19,24H,5-6,8,12,17H2,1H3,(H,29,32)/b22-14+. The van der Waals surface area contributed by atoms with Gasteiger partial charge in [0.15, 0.2) is 0 Å². The second-order valence-corrected chi connectivity index (χ2v) is 8.37. The number of hydrogen-bond acceptors (Lipinski definition) is 4. The smallest absolute Gasteiger partial charge is 0.262 e. The zero-order valence-electron chi connectivity index (χ0n) is 18.2. The lowest BCUT2D eigenvalue weighted by atomic mass is 9.86. The predicted molar refractivity (Wildman–Crippen MR) is 124 cm³/mol. The summed E-state index contributed by atoms with van der Waals surface area (Å²) in [4.78, 5) is 17.1. The molecule has 1 aliphatic carbocycles. The van der Waals surface area contributed by atoms with Crippen molar-refractivity contribution in [3.05, 3.63) is 77.8 Å². The maximum atomic E-state index is 12.9. The van der Waals surface area contributed by atoms with Crippen LogP contribution in [0, 0.1) is 17.2 Å². The number of pyridine rings is 1. The summed E-state index contributed by atoms with van der Waals surface area (Å²) in [7, 11) is 0. The van der Waals surface area contributed by atoms with Crippen LogP contribution in [0.2, 0.25) is 0 Å². The molecule has 4 rings (SSSR count). The van der Waals surface area contributed by atoms with Gasteiger partial charge >= 0.3 is 0 Å². The fourth-order valence-electron chi connectivity index (χ4n) is 4.20. The maximum absolute atomic E-state index is 12.9. The van der Waals surface area contributed by atoms with Crippen molar-refractivity contribution in [2.45, 2.75) is 45.2 Å². The van der Waals surface area contributed by atoms with E-state index in [1.807, 2.05) is 53.3 Å². The van der Waals surface area contributed by atoms with Crippen molar-refractivity contribution in [3.8, 4) is 17.3 Å². The van der Waals surface area contributed by atoms with Gasteiger partial charge in [-0.3, -0.25) is 14.5 Å². The van der Waals surface area contributed by atoms with Gasteiger partial charge in [0.25, 0.3) is 5.91 Å². The van der Waals surface area contributed by atoms with Gasteiger partial charge in [0.2, 0.25) is 0 Å². The highest BCUT2D eigenvalue weighted by atomic mass is 16.1. The van der Waals surface area contributed by atoms with Crippen molar-refractivity contribution in [1.82, 2.24) is 20.1 Å². The lowest BCUT2D eigenvalue weighted by Crippen LogP contribution is -2.41. The first-order chi connectivity index (χ1) is 15.6. The Balaban J connectivity index is 1.64. The molecule has 2 heterocycles. The zero-order chi connectivity index (χ0) is 22.3. The molecule has 2 unspecified atom stereocenters. The van der Waals surface area contributed by atoms with Gasteiger partial charge in [-0.25, -0.2) is 0 Å². The van der Waals surface area contributed by atoms with Crippen LogP contribution in [0.5, 0.6) is 0 Å². The van der Waals surface area contributed by atoms with E-state index in [1.54, 1.807) is 18.5 Å². The molecule has 0 bridgehead atoms. The normalized spacial score (nSPS) is 18.7. The Bertz CT molecular complexity index is 1130. The highest BCUT2D eigenvalue weighted by Gasteiger charge is 2.24. The maximum Gasteiger partial charge on any atom is 0.262 e. The number of nitrogens with one attached hydrogen (secondary N) is 1. The number of nitrogens with zero attached hydrogens (tertiary/aromatic N) is 4. The van der Waals surface area contributed by atoms with Crippen LogP contribution >= 0.6 is 0 Å². The Morgan fingerprint density at radius 1 is 1.22 bits per heavy atom. The minimum atomic E-state index is -0.320. The number of hydrogen-bond donors (Lipinski definition) is 1. The first-order valence-electron chi connectivity index (χ1n) is 11.1. The van der Waals surface area contributed by atoms with Gasteiger partial charge in [-0.1, -0.05) is 50.1 Å². The fraction of sp³-hybridized carbons (Fsp3) is 0.308. The first-order valence-corrected chi connectivity index (χ1v) is 11.1. The summed E-state index contributed by atoms with van der Waals surface area (Å²) in [6.07, 6.45) is 11.3. The third kappa shape index (κ3) is 5.12. The Kier molecular flexibility index (Phi) is 6.76. The molecule has 3 aromatic rings. The SMILES string of the molecule is CC1CCCCC1NC(=O)/C(C#N)=C/c1cn(Cc2ccccc2)nc1-c1cccnc1. The van der Waals surface area contributed by atoms with Crippen molar-refractivity contribution < 1.29 is 4.79 Å². The lowest BCUT2D eigenvalue weighted by Gasteiger charge is -2.29. The third-order valence-electron chi connectivity index (χ3n) is 6.01. The number of amides is 1. The molecule has 32 heavy (non-hydrogen) atoms. The monoisotopic (exact) mass is 425 g/mol. The second kappa shape index (κ2) is 10.1. The zero-order valence-corrected chi connectivity index (χ0v) is 18.2. The number of carbonyl (C=O) groups excluding carboxylic acids is 1. The fourth-order valence-corrected chi connectivity index (χ4v) is 4.20. The van der Waals surface area contributed by atoms with Crippen LogP contribution in [0.25, 0.3) is 17.3 Å². The minimum Gasteiger partial charge on any atom is -0.348 e. The summed E-state index contributed by atoms with van der Waals surface area (Å²) >= 11 is 0. The van der Waals surface area contributed by atoms with Gasteiger partial charge in [0.05, 0.1) is 6.54 Å². The van der Waals surface area contributed by atoms with E-state index in [0.717, 1.165) is 36.0 Å². The van der Waals surface area contributed by atoms with Crippen LogP contribution in [0.3, 0.4) is 0 Å². The van der Waals surface area contributed by atoms with Crippen LogP contribution in [0.1, 0.15) is 43.7 Å². The Hall–Kier alpha value is -3.72. The summed E-state index contributed by atoms with van der Waals surface area (Å²) in [5.41, 5.74) is 3.46. The van der Waals surface area contributed by atoms with Crippen LogP contribution in [0.4, 0.5) is 0 Å². The topological polar surface area (TPSA) is 83.6 Å². The van der Waals surface area contributed by atoms with Crippen molar-refractivity contribution in [2.24, 2.45) is 5.92 Å². The van der Waals surface area contributed by atoms with Gasteiger partial charge in [0, 0.05) is 35.8 Å². The molecule has 0 radical (unpaired) electrons. The summed E-state index contributed by atoms with van der Waals surface area (Å²) in [5, 5.41) is 17.6. The quantitative estimate of drug-likeness (QED) is 0.462. The van der Waals surface area contributed by atoms with E-state index < -0.39 is 0 Å². The highest BCUT2D eigenvalue weighted by molar-refractivity contribution is 6.02. The molecule has 2 aromatic heterocycles. The first kappa shape index (κ1) is 21.5. The van der Waals surface area contributed by atoms with Gasteiger partial charge in [-0.05, 0) is 42.5 Å². The molecule has 1 saturated carbocycles. The van der Waals surface area contributed by atoms with Gasteiger partial charge in [-0.2, -0.15) is 10.4 Å². The van der Waals surface area contributed by atoms with E-state index >= 15 is 0 Å². The van der Waals surface area contributed by atoms with Gasteiger partial charge in [0.1, 0.15) is 17.3 Å². The Labute approximate surface area is 188 Å². The van der Waals surface area contributed by atoms with E-state index in [9.17, 15) is 10.1 Å². The molecular formula is C26H27N5O. The molecule has 2 atom stereocenters. The van der Waals surface area contributed by atoms with Crippen molar-refractivity contribution in [2.75, 3.05) is 0 Å². The second-order valence-electron chi connectivity index (χ2n) is 8.37. The van der Waals surface area contributed by atoms with Crippen molar-refractivity contribution >= 4 is 12.0 Å². The lowest BCUT2D eigenvalue weighted by molar-refractivity contribution is -0.118. The van der Waals surface area contributed by atoms with E-state index in [0.29, 0.717) is 18.2 Å². The Morgan fingerprint density at radius 2 is 2.03 bits per heavy atom. The largest absolute Gasteiger partial charge is 0.348 e. The van der Waals surface area contributed by atoms with Crippen molar-refractivity contribution in [3.63, 3.8) is 0 Å². The number of rotatable bonds is 6. The van der Waals surface area contributed by atoms with Crippen LogP contribution < -0.4 is 5.32 Å². The number of aromatic nitrogens is 3. The number of benzene rings is 1. The molecule has 1 amide bonds. The molecule has 6 heteroatoms. The van der Waals surface area contributed by atoms with Crippen molar-refractivity contribution in [1.29, 1.82) is 5.26 Å². The van der Waals surface area contributed by atoms with E-state index in [1.165, 1.54) is 6.42 Å². The highest BCUT2D eigenvalue weighted by Crippen LogP contribution is 2.26. The molecular weight excluding hydrogens is 398 g/mol. The molecule has 0 saturated heterocycles. The summed E-state index contributed by atoms with van der Waals surface area (Å²) in [6, 6.07) is 16.0. The molecule has 0 aliphatic heterocycles. The van der Waals surface area contributed by atoms with E-state index in [-0.39, 0.29) is 17.5 Å². The predicted octanol–water partition coefficient (Wildman–Crippen LogP) is 4.60. The minimum absolute atomic E-state index is 0.0900. The number of nitriles is 1. The molecule has 1 fully saturated rings. The average Bonchev–Trinajstić information content (AvgIpc) is 3.22. The molecule has 1 N–H and O–H groups in total. The molecule has 1 aliphatic rings. The summed E-state index contributed by atoms with van der Waals surface area (Å²) in [6.45, 7) is 2.75. The van der Waals surface area contributed by atoms with Gasteiger partial charge in [-0.15, -0.1) is 0 Å². The van der Waals surface area contributed by atoms with E-state index in [4.69, 9.17) is 5.10 Å². The van der Waals surface area contributed by atoms with Crippen LogP contribution in [-0.4, -0.2) is 26.7 Å². The number of carbonyl (C=O) groups is 1. The summed E-state index contributed by atoms with van der Waals surface area (Å²) in [5.74, 6) is 0.103. The molecule has 0 spiro atoms. The average molecular weight is 426 g/mol. The molecule has 6 nitrogen and oxygen atoms in total. The van der Waals surface area contributed by atoms with Gasteiger partial charge < -0.3 is 5.32 Å². The van der Waals surface area contributed by atoms with Crippen LogP contribution in [-0.2, 0) is 11.3 Å². The third-order valence-corrected chi connectivity index (χ3v) is 6.01. The van der Waals surface area contributed by atoms with E-state index in [2.05, 4.69) is 23.3 Å². The Morgan fingerprint density at radius 3 is 2.75 bits per heavy atom. The van der Waals surface area contributed by atoms with Crippen LogP contribution in [0.15, 0.2) is 66.6 Å². The summed E-state index contributed by atoms with van der Waals surface area (Å²) < 4.78 is 1.83. The molecule has 1 aromatic carbocycles. The molecule has 162 valence electrons.